The number of rotatable bonds is 7. The van der Waals surface area contributed by atoms with Gasteiger partial charge in [0.25, 0.3) is 0 Å². The summed E-state index contributed by atoms with van der Waals surface area (Å²) in [4.78, 5) is 5.02. The Morgan fingerprint density at radius 3 is 2.46 bits per heavy atom. The molecule has 1 unspecified atom stereocenters. The van der Waals surface area contributed by atoms with Crippen LogP contribution in [0.3, 0.4) is 0 Å². The Labute approximate surface area is 209 Å². The maximum atomic E-state index is 15.5. The van der Waals surface area contributed by atoms with Gasteiger partial charge in [0.15, 0.2) is 0 Å². The third-order valence-corrected chi connectivity index (χ3v) is 8.81. The number of nitriles is 1. The highest BCUT2D eigenvalue weighted by atomic mass is 19.1. The zero-order valence-corrected chi connectivity index (χ0v) is 21.0. The SMILES string of the molecule is CN1Cc2cccc(F)c2C(C2CCCC2)(C2CCN(CCCOc3ccc(C#N)cc3)CC2)C1. The largest absolute Gasteiger partial charge is 0.494 e. The van der Waals surface area contributed by atoms with Gasteiger partial charge in [-0.3, -0.25) is 0 Å². The molecule has 0 aromatic heterocycles. The molecule has 1 saturated heterocycles. The van der Waals surface area contributed by atoms with Gasteiger partial charge in [-0.1, -0.05) is 25.0 Å². The van der Waals surface area contributed by atoms with Gasteiger partial charge >= 0.3 is 0 Å². The number of hydrogen-bond donors (Lipinski definition) is 0. The third kappa shape index (κ3) is 4.97. The van der Waals surface area contributed by atoms with Crippen molar-refractivity contribution in [1.29, 1.82) is 5.26 Å². The topological polar surface area (TPSA) is 39.5 Å². The van der Waals surface area contributed by atoms with Crippen molar-refractivity contribution in [2.45, 2.75) is 56.9 Å². The van der Waals surface area contributed by atoms with Gasteiger partial charge in [0.2, 0.25) is 0 Å². The van der Waals surface area contributed by atoms with E-state index in [0.717, 1.165) is 63.3 Å². The van der Waals surface area contributed by atoms with Crippen LogP contribution in [0.1, 0.15) is 61.6 Å². The van der Waals surface area contributed by atoms with E-state index in [9.17, 15) is 0 Å². The summed E-state index contributed by atoms with van der Waals surface area (Å²) in [5.41, 5.74) is 2.89. The lowest BCUT2D eigenvalue weighted by atomic mass is 9.57. The molecule has 0 spiro atoms. The predicted octanol–water partition coefficient (Wildman–Crippen LogP) is 5.75. The Bertz CT molecular complexity index is 1030. The van der Waals surface area contributed by atoms with Crippen molar-refractivity contribution in [2.75, 3.05) is 39.8 Å². The standard InChI is InChI=1S/C30H38FN3O/c1-33-21-24-6-4-9-28(31)29(24)30(22-33,25-7-2-3-8-25)26-14-17-34(18-15-26)16-5-19-35-27-12-10-23(20-32)11-13-27/h4,6,9-13,25-26H,2-3,5,7-8,14-19,21-22H2,1H3. The van der Waals surface area contributed by atoms with E-state index in [4.69, 9.17) is 10.00 Å². The van der Waals surface area contributed by atoms with Crippen LogP contribution in [0.4, 0.5) is 4.39 Å². The molecule has 1 saturated carbocycles. The maximum absolute atomic E-state index is 15.5. The first-order chi connectivity index (χ1) is 17.1. The summed E-state index contributed by atoms with van der Waals surface area (Å²) in [6.45, 7) is 5.74. The molecule has 2 heterocycles. The number of benzene rings is 2. The summed E-state index contributed by atoms with van der Waals surface area (Å²) in [7, 11) is 2.22. The fourth-order valence-electron chi connectivity index (χ4n) is 7.31. The first-order valence-electron chi connectivity index (χ1n) is 13.4. The van der Waals surface area contributed by atoms with Crippen LogP contribution in [-0.4, -0.2) is 49.6 Å². The molecule has 0 radical (unpaired) electrons. The second-order valence-electron chi connectivity index (χ2n) is 10.9. The van der Waals surface area contributed by atoms with Gasteiger partial charge in [-0.15, -0.1) is 0 Å². The number of hydrogen-bond acceptors (Lipinski definition) is 4. The average Bonchev–Trinajstić information content (AvgIpc) is 3.42. The van der Waals surface area contributed by atoms with Crippen molar-refractivity contribution >= 4 is 0 Å². The molecule has 2 aromatic rings. The second-order valence-corrected chi connectivity index (χ2v) is 10.9. The number of fused-ring (bicyclic) bond motifs is 1. The number of nitrogens with zero attached hydrogens (tertiary/aromatic N) is 3. The van der Waals surface area contributed by atoms with Crippen LogP contribution in [0.15, 0.2) is 42.5 Å². The summed E-state index contributed by atoms with van der Waals surface area (Å²) in [5, 5.41) is 8.92. The number of ether oxygens (including phenoxy) is 1. The Balaban J connectivity index is 1.23. The molecule has 35 heavy (non-hydrogen) atoms. The molecule has 4 nitrogen and oxygen atoms in total. The first-order valence-corrected chi connectivity index (χ1v) is 13.4. The van der Waals surface area contributed by atoms with Crippen molar-refractivity contribution in [3.63, 3.8) is 0 Å². The predicted molar refractivity (Wildman–Crippen MR) is 137 cm³/mol. The van der Waals surface area contributed by atoms with Crippen molar-refractivity contribution in [2.24, 2.45) is 11.8 Å². The van der Waals surface area contributed by atoms with Crippen LogP contribution >= 0.6 is 0 Å². The number of likely N-dealkylation sites (tertiary alicyclic amines) is 1. The highest BCUT2D eigenvalue weighted by Crippen LogP contribution is 2.53. The number of halogens is 1. The fourth-order valence-corrected chi connectivity index (χ4v) is 7.31. The monoisotopic (exact) mass is 475 g/mol. The minimum absolute atomic E-state index is 0.0323. The summed E-state index contributed by atoms with van der Waals surface area (Å²) >= 11 is 0. The molecule has 0 amide bonds. The van der Waals surface area contributed by atoms with Crippen molar-refractivity contribution in [1.82, 2.24) is 9.80 Å². The zero-order valence-electron chi connectivity index (χ0n) is 21.0. The number of piperidine rings is 1. The molecule has 2 fully saturated rings. The van der Waals surface area contributed by atoms with Crippen LogP contribution in [0.25, 0.3) is 0 Å². The quantitative estimate of drug-likeness (QED) is 0.478. The van der Waals surface area contributed by atoms with E-state index >= 15 is 4.39 Å². The lowest BCUT2D eigenvalue weighted by Crippen LogP contribution is -2.56. The van der Waals surface area contributed by atoms with E-state index in [1.807, 2.05) is 18.2 Å². The van der Waals surface area contributed by atoms with Gasteiger partial charge in [-0.05, 0) is 100.0 Å². The van der Waals surface area contributed by atoms with Crippen LogP contribution in [0.2, 0.25) is 0 Å². The normalized spacial score (nSPS) is 24.3. The Morgan fingerprint density at radius 2 is 1.74 bits per heavy atom. The van der Waals surface area contributed by atoms with E-state index in [1.54, 1.807) is 18.2 Å². The molecule has 5 heteroatoms. The van der Waals surface area contributed by atoms with E-state index in [2.05, 4.69) is 29.0 Å². The molecular weight excluding hydrogens is 437 g/mol. The van der Waals surface area contributed by atoms with Gasteiger partial charge in [-0.25, -0.2) is 4.39 Å². The van der Waals surface area contributed by atoms with E-state index in [1.165, 1.54) is 31.2 Å². The van der Waals surface area contributed by atoms with Crippen molar-refractivity contribution < 1.29 is 9.13 Å². The van der Waals surface area contributed by atoms with Gasteiger partial charge in [-0.2, -0.15) is 5.26 Å². The van der Waals surface area contributed by atoms with Gasteiger partial charge < -0.3 is 14.5 Å². The summed E-state index contributed by atoms with van der Waals surface area (Å²) in [5.74, 6) is 1.99. The zero-order chi connectivity index (χ0) is 24.3. The summed E-state index contributed by atoms with van der Waals surface area (Å²) < 4.78 is 21.4. The Morgan fingerprint density at radius 1 is 1.03 bits per heavy atom. The molecule has 3 aliphatic rings. The van der Waals surface area contributed by atoms with E-state index in [-0.39, 0.29) is 11.2 Å². The molecule has 1 aliphatic carbocycles. The third-order valence-electron chi connectivity index (χ3n) is 8.81. The van der Waals surface area contributed by atoms with Crippen LogP contribution < -0.4 is 4.74 Å². The molecule has 2 aliphatic heterocycles. The second kappa shape index (κ2) is 10.7. The van der Waals surface area contributed by atoms with Gasteiger partial charge in [0.1, 0.15) is 11.6 Å². The minimum atomic E-state index is -0.0467. The average molecular weight is 476 g/mol. The molecule has 1 atom stereocenters. The number of likely N-dealkylation sites (N-methyl/N-ethyl adjacent to an activating group) is 1. The molecule has 186 valence electrons. The fraction of sp³-hybridized carbons (Fsp3) is 0.567. The molecule has 0 bridgehead atoms. The summed E-state index contributed by atoms with van der Waals surface area (Å²) in [6, 6.07) is 15.2. The van der Waals surface area contributed by atoms with Crippen LogP contribution in [-0.2, 0) is 12.0 Å². The van der Waals surface area contributed by atoms with Gasteiger partial charge in [0.05, 0.1) is 18.2 Å². The first kappa shape index (κ1) is 24.3. The molecule has 5 rings (SSSR count). The lowest BCUT2D eigenvalue weighted by molar-refractivity contribution is 0.0432. The van der Waals surface area contributed by atoms with Gasteiger partial charge in [0, 0.05) is 30.6 Å². The van der Waals surface area contributed by atoms with Crippen molar-refractivity contribution in [3.8, 4) is 11.8 Å². The highest BCUT2D eigenvalue weighted by Gasteiger charge is 2.52. The highest BCUT2D eigenvalue weighted by molar-refractivity contribution is 5.40. The maximum Gasteiger partial charge on any atom is 0.127 e. The summed E-state index contributed by atoms with van der Waals surface area (Å²) in [6.07, 6.45) is 8.35. The van der Waals surface area contributed by atoms with E-state index < -0.39 is 0 Å². The molecular formula is C30H38FN3O. The smallest absolute Gasteiger partial charge is 0.127 e. The minimum Gasteiger partial charge on any atom is -0.494 e. The lowest BCUT2D eigenvalue weighted by Gasteiger charge is -2.53. The van der Waals surface area contributed by atoms with E-state index in [0.29, 0.717) is 24.0 Å². The molecule has 0 N–H and O–H groups in total. The van der Waals surface area contributed by atoms with Crippen LogP contribution in [0, 0.1) is 29.0 Å². The van der Waals surface area contributed by atoms with Crippen LogP contribution in [0.5, 0.6) is 5.75 Å². The Hall–Kier alpha value is -2.42. The van der Waals surface area contributed by atoms with Crippen molar-refractivity contribution in [3.05, 3.63) is 65.0 Å². The molecule has 2 aromatic carbocycles. The Kier molecular flexibility index (Phi) is 7.41.